The van der Waals surface area contributed by atoms with Crippen LogP contribution in [0.1, 0.15) is 60.8 Å². The van der Waals surface area contributed by atoms with E-state index < -0.39 is 5.97 Å². The summed E-state index contributed by atoms with van der Waals surface area (Å²) in [5, 5.41) is 9.20. The lowest BCUT2D eigenvalue weighted by molar-refractivity contribution is -0.139. The lowest BCUT2D eigenvalue weighted by Crippen LogP contribution is -2.19. The largest absolute Gasteiger partial charge is 0.481 e. The van der Waals surface area contributed by atoms with Crippen molar-refractivity contribution in [1.29, 1.82) is 0 Å². The maximum atomic E-state index is 11.2. The molecule has 2 atom stereocenters. The molecule has 0 unspecified atom stereocenters. The number of carbonyl (C=O) groups is 1. The molecule has 2 aliphatic carbocycles. The van der Waals surface area contributed by atoms with Crippen LogP contribution in [0.4, 0.5) is 0 Å². The molecule has 2 heteroatoms. The van der Waals surface area contributed by atoms with Crippen molar-refractivity contribution >= 4 is 5.97 Å². The fraction of sp³-hybridized carbons (Fsp3) is 0.591. The summed E-state index contributed by atoms with van der Waals surface area (Å²) in [7, 11) is 0. The number of allylic oxidation sites excluding steroid dienone is 8. The van der Waals surface area contributed by atoms with Gasteiger partial charge in [-0.3, -0.25) is 4.79 Å². The zero-order chi connectivity index (χ0) is 18.1. The summed E-state index contributed by atoms with van der Waals surface area (Å²) in [6, 6.07) is 0. The topological polar surface area (TPSA) is 37.3 Å². The average Bonchev–Trinajstić information content (AvgIpc) is 2.99. The first-order valence-corrected chi connectivity index (χ1v) is 9.03. The van der Waals surface area contributed by atoms with Gasteiger partial charge in [-0.15, -0.1) is 0 Å². The predicted molar refractivity (Wildman–Crippen MR) is 101 cm³/mol. The normalized spacial score (nSPS) is 29.5. The van der Waals surface area contributed by atoms with Crippen molar-refractivity contribution in [2.24, 2.45) is 22.7 Å². The molecule has 1 saturated carbocycles. The molecule has 24 heavy (non-hydrogen) atoms. The zero-order valence-corrected chi connectivity index (χ0v) is 16.0. The van der Waals surface area contributed by atoms with E-state index in [2.05, 4.69) is 45.9 Å². The highest BCUT2D eigenvalue weighted by Crippen LogP contribution is 2.59. The zero-order valence-electron chi connectivity index (χ0n) is 16.0. The number of carboxylic acid groups (broad SMARTS) is 1. The molecule has 0 aromatic rings. The van der Waals surface area contributed by atoms with E-state index in [0.717, 1.165) is 0 Å². The molecule has 132 valence electrons. The van der Waals surface area contributed by atoms with Crippen LogP contribution in [0.25, 0.3) is 0 Å². The van der Waals surface area contributed by atoms with Gasteiger partial charge in [0.25, 0.3) is 0 Å². The molecular weight excluding hydrogens is 296 g/mol. The lowest BCUT2D eigenvalue weighted by atomic mass is 9.72. The summed E-state index contributed by atoms with van der Waals surface area (Å²) in [5.74, 6) is -0.781. The van der Waals surface area contributed by atoms with Gasteiger partial charge in [0, 0.05) is 0 Å². The number of carboxylic acids is 1. The van der Waals surface area contributed by atoms with Crippen molar-refractivity contribution in [3.63, 3.8) is 0 Å². The Balaban J connectivity index is 2.02. The van der Waals surface area contributed by atoms with Crippen molar-refractivity contribution < 1.29 is 9.90 Å². The van der Waals surface area contributed by atoms with Crippen molar-refractivity contribution in [3.8, 4) is 0 Å². The lowest BCUT2D eigenvalue weighted by Gasteiger charge is -2.32. The van der Waals surface area contributed by atoms with Gasteiger partial charge >= 0.3 is 5.97 Å². The highest BCUT2D eigenvalue weighted by molar-refractivity contribution is 5.76. The predicted octanol–water partition coefficient (Wildman–Crippen LogP) is 5.93. The van der Waals surface area contributed by atoms with Gasteiger partial charge in [-0.05, 0) is 55.4 Å². The van der Waals surface area contributed by atoms with Crippen LogP contribution in [0.2, 0.25) is 0 Å². The second-order valence-corrected chi connectivity index (χ2v) is 8.72. The van der Waals surface area contributed by atoms with Gasteiger partial charge in [-0.1, -0.05) is 69.2 Å². The number of hydrogen-bond donors (Lipinski definition) is 1. The van der Waals surface area contributed by atoms with Crippen LogP contribution in [0.5, 0.6) is 0 Å². The maximum Gasteiger partial charge on any atom is 0.307 e. The molecule has 2 nitrogen and oxygen atoms in total. The van der Waals surface area contributed by atoms with Crippen LogP contribution >= 0.6 is 0 Å². The summed E-state index contributed by atoms with van der Waals surface area (Å²) in [4.78, 5) is 11.2. The van der Waals surface area contributed by atoms with Crippen molar-refractivity contribution in [2.75, 3.05) is 0 Å². The molecule has 0 bridgehead atoms. The molecule has 0 spiro atoms. The van der Waals surface area contributed by atoms with Gasteiger partial charge in [0.05, 0.1) is 5.92 Å². The number of hydrogen-bond acceptors (Lipinski definition) is 1. The van der Waals surface area contributed by atoms with Gasteiger partial charge < -0.3 is 5.11 Å². The summed E-state index contributed by atoms with van der Waals surface area (Å²) in [6.07, 6.45) is 14.3. The van der Waals surface area contributed by atoms with Gasteiger partial charge in [0.15, 0.2) is 0 Å². The van der Waals surface area contributed by atoms with Crippen LogP contribution < -0.4 is 0 Å². The minimum atomic E-state index is -0.683. The number of aliphatic carboxylic acids is 1. The molecule has 1 fully saturated rings. The molecule has 2 aliphatic rings. The molecule has 2 rings (SSSR count). The Bertz CT molecular complexity index is 626. The van der Waals surface area contributed by atoms with Crippen LogP contribution in [-0.4, -0.2) is 11.1 Å². The second kappa shape index (κ2) is 6.74. The standard InChI is InChI=1S/C22H32O2/c1-15(9-7-11-18-19(20(23)24)22(18,5)6)12-13-17-16(2)10-8-14-21(17,3)4/h7,9,11-13,18-19H,8,10,14H2,1-6H3,(H,23,24)/t18-,19+/m0/s1. The molecule has 0 saturated heterocycles. The van der Waals surface area contributed by atoms with E-state index in [1.807, 2.05) is 26.0 Å². The Kier molecular flexibility index (Phi) is 5.27. The highest BCUT2D eigenvalue weighted by Gasteiger charge is 2.60. The minimum absolute atomic E-state index is 0.117. The molecule has 0 heterocycles. The smallest absolute Gasteiger partial charge is 0.307 e. The Morgan fingerprint density at radius 2 is 1.92 bits per heavy atom. The van der Waals surface area contributed by atoms with E-state index in [-0.39, 0.29) is 22.7 Å². The third-order valence-corrected chi connectivity index (χ3v) is 5.91. The number of rotatable bonds is 5. The van der Waals surface area contributed by atoms with E-state index in [1.165, 1.54) is 36.0 Å². The Morgan fingerprint density at radius 3 is 2.46 bits per heavy atom. The van der Waals surface area contributed by atoms with E-state index in [9.17, 15) is 9.90 Å². The van der Waals surface area contributed by atoms with Crippen LogP contribution in [0.3, 0.4) is 0 Å². The molecule has 0 aromatic heterocycles. The summed E-state index contributed by atoms with van der Waals surface area (Å²) >= 11 is 0. The minimum Gasteiger partial charge on any atom is -0.481 e. The molecular formula is C22H32O2. The maximum absolute atomic E-state index is 11.2. The summed E-state index contributed by atoms with van der Waals surface area (Å²) in [6.45, 7) is 13.1. The van der Waals surface area contributed by atoms with Crippen LogP contribution in [0.15, 0.2) is 47.1 Å². The SMILES string of the molecule is CC(C=CC1=C(C)CCCC1(C)C)=CC=C[C@H]1[C@H](C(=O)O)C1(C)C. The first-order valence-electron chi connectivity index (χ1n) is 9.03. The average molecular weight is 328 g/mol. The Labute approximate surface area is 147 Å². The molecule has 0 amide bonds. The summed E-state index contributed by atoms with van der Waals surface area (Å²) < 4.78 is 0. The third-order valence-electron chi connectivity index (χ3n) is 5.91. The van der Waals surface area contributed by atoms with Crippen molar-refractivity contribution in [1.82, 2.24) is 0 Å². The quantitative estimate of drug-likeness (QED) is 0.635. The van der Waals surface area contributed by atoms with Gasteiger partial charge in [0.1, 0.15) is 0 Å². The van der Waals surface area contributed by atoms with E-state index in [0.29, 0.717) is 0 Å². The Morgan fingerprint density at radius 1 is 1.25 bits per heavy atom. The van der Waals surface area contributed by atoms with Crippen molar-refractivity contribution in [3.05, 3.63) is 47.1 Å². The summed E-state index contributed by atoms with van der Waals surface area (Å²) in [5.41, 5.74) is 4.32. The molecule has 1 N–H and O–H groups in total. The van der Waals surface area contributed by atoms with Crippen LogP contribution in [0, 0.1) is 22.7 Å². The Hall–Kier alpha value is -1.57. The molecule has 0 aromatic carbocycles. The first kappa shape index (κ1) is 18.8. The molecule has 0 aliphatic heterocycles. The van der Waals surface area contributed by atoms with Gasteiger partial charge in [-0.2, -0.15) is 0 Å². The fourth-order valence-corrected chi connectivity index (χ4v) is 4.12. The fourth-order valence-electron chi connectivity index (χ4n) is 4.12. The second-order valence-electron chi connectivity index (χ2n) is 8.72. The van der Waals surface area contributed by atoms with E-state index >= 15 is 0 Å². The van der Waals surface area contributed by atoms with E-state index in [4.69, 9.17) is 0 Å². The molecule has 0 radical (unpaired) electrons. The highest BCUT2D eigenvalue weighted by atomic mass is 16.4. The van der Waals surface area contributed by atoms with Gasteiger partial charge in [-0.25, -0.2) is 0 Å². The van der Waals surface area contributed by atoms with Crippen molar-refractivity contribution in [2.45, 2.75) is 60.8 Å². The monoisotopic (exact) mass is 328 g/mol. The van der Waals surface area contributed by atoms with Gasteiger partial charge in [0.2, 0.25) is 0 Å². The third kappa shape index (κ3) is 3.91. The first-order chi connectivity index (χ1) is 11.1. The van der Waals surface area contributed by atoms with E-state index in [1.54, 1.807) is 0 Å². The van der Waals surface area contributed by atoms with Crippen LogP contribution in [-0.2, 0) is 4.79 Å².